The Hall–Kier alpha value is -2.98. The van der Waals surface area contributed by atoms with Gasteiger partial charge in [-0.3, -0.25) is 4.79 Å². The quantitative estimate of drug-likeness (QED) is 0.332. The van der Waals surface area contributed by atoms with Gasteiger partial charge in [0.15, 0.2) is 5.78 Å². The first-order valence-electron chi connectivity index (χ1n) is 11.1. The van der Waals surface area contributed by atoms with Crippen LogP contribution in [0, 0.1) is 0 Å². The lowest BCUT2D eigenvalue weighted by Crippen LogP contribution is -2.46. The zero-order valence-electron chi connectivity index (χ0n) is 19.9. The van der Waals surface area contributed by atoms with Gasteiger partial charge in [-0.05, 0) is 61.0 Å². The van der Waals surface area contributed by atoms with Gasteiger partial charge >= 0.3 is 0 Å². The molecule has 7 nitrogen and oxygen atoms in total. The van der Waals surface area contributed by atoms with E-state index in [0.717, 1.165) is 16.0 Å². The van der Waals surface area contributed by atoms with E-state index in [1.165, 1.54) is 22.5 Å². The molecule has 1 saturated heterocycles. The number of hydrogen-bond acceptors (Lipinski definition) is 7. The molecule has 2 heterocycles. The second-order valence-corrected chi connectivity index (χ2v) is 11.1. The van der Waals surface area contributed by atoms with Crippen molar-refractivity contribution in [3.63, 3.8) is 0 Å². The van der Waals surface area contributed by atoms with E-state index in [2.05, 4.69) is 4.90 Å². The molecule has 0 N–H and O–H groups in total. The summed E-state index contributed by atoms with van der Waals surface area (Å²) in [5.41, 5.74) is 2.05. The standard InChI is InChI=1S/C26H28N2O5S2/c1-27-12-14-28(15-13-27)35(30,31)21-9-6-19(7-10-21)23(29)11-8-20-17-22(26-5-4-16-34-26)25(33-3)18-24(20)32-2/h4-11,16-18H,12-15H2,1-3H3/b11-8+. The van der Waals surface area contributed by atoms with Crippen LogP contribution in [0.2, 0.25) is 0 Å². The minimum atomic E-state index is -3.58. The summed E-state index contributed by atoms with van der Waals surface area (Å²) < 4.78 is 38.4. The molecule has 1 fully saturated rings. The number of sulfonamides is 1. The van der Waals surface area contributed by atoms with Gasteiger partial charge in [0.05, 0.1) is 19.1 Å². The number of hydrogen-bond donors (Lipinski definition) is 0. The van der Waals surface area contributed by atoms with Crippen LogP contribution in [0.4, 0.5) is 0 Å². The van der Waals surface area contributed by atoms with Crippen molar-refractivity contribution in [3.05, 3.63) is 71.1 Å². The van der Waals surface area contributed by atoms with Gasteiger partial charge in [-0.2, -0.15) is 4.31 Å². The van der Waals surface area contributed by atoms with Crippen molar-refractivity contribution in [1.29, 1.82) is 0 Å². The molecule has 1 aromatic heterocycles. The molecule has 9 heteroatoms. The number of allylic oxidation sites excluding steroid dienone is 1. The van der Waals surface area contributed by atoms with E-state index in [0.29, 0.717) is 43.2 Å². The minimum absolute atomic E-state index is 0.194. The predicted molar refractivity (Wildman–Crippen MR) is 139 cm³/mol. The number of carbonyl (C=O) groups excluding carboxylic acids is 1. The van der Waals surface area contributed by atoms with Crippen LogP contribution in [0.25, 0.3) is 16.5 Å². The maximum atomic E-state index is 12.9. The molecule has 0 saturated carbocycles. The number of thiophene rings is 1. The first-order chi connectivity index (χ1) is 16.8. The van der Waals surface area contributed by atoms with Crippen molar-refractivity contribution in [3.8, 4) is 21.9 Å². The Morgan fingerprint density at radius 3 is 2.26 bits per heavy atom. The van der Waals surface area contributed by atoms with Gasteiger partial charge in [-0.25, -0.2) is 8.42 Å². The lowest BCUT2D eigenvalue weighted by Gasteiger charge is -2.31. The fourth-order valence-electron chi connectivity index (χ4n) is 3.91. The van der Waals surface area contributed by atoms with Gasteiger partial charge in [-0.15, -0.1) is 11.3 Å². The Balaban J connectivity index is 1.54. The number of benzene rings is 2. The first-order valence-corrected chi connectivity index (χ1v) is 13.5. The lowest BCUT2D eigenvalue weighted by atomic mass is 10.0. The highest BCUT2D eigenvalue weighted by atomic mass is 32.2. The average molecular weight is 513 g/mol. The molecule has 1 aliphatic heterocycles. The minimum Gasteiger partial charge on any atom is -0.496 e. The molecule has 0 atom stereocenters. The van der Waals surface area contributed by atoms with Crippen LogP contribution in [0.15, 0.2) is 64.9 Å². The first kappa shape index (κ1) is 25.1. The number of carbonyl (C=O) groups is 1. The van der Waals surface area contributed by atoms with Gasteiger partial charge in [0.1, 0.15) is 11.5 Å². The molecule has 0 aliphatic carbocycles. The summed E-state index contributed by atoms with van der Waals surface area (Å²) in [5.74, 6) is 1.04. The van der Waals surface area contributed by atoms with Crippen LogP contribution in [-0.4, -0.2) is 70.9 Å². The summed E-state index contributed by atoms with van der Waals surface area (Å²) in [6.45, 7) is 2.31. The number of methoxy groups -OCH3 is 2. The van der Waals surface area contributed by atoms with Gasteiger partial charge in [0, 0.05) is 53.8 Å². The number of piperazine rings is 1. The zero-order chi connectivity index (χ0) is 25.0. The summed E-state index contributed by atoms with van der Waals surface area (Å²) >= 11 is 1.60. The molecule has 3 aromatic rings. The highest BCUT2D eigenvalue weighted by Gasteiger charge is 2.27. The van der Waals surface area contributed by atoms with Gasteiger partial charge in [0.2, 0.25) is 10.0 Å². The number of nitrogens with zero attached hydrogens (tertiary/aromatic N) is 2. The number of likely N-dealkylation sites (N-methyl/N-ethyl adjacent to an activating group) is 1. The normalized spacial score (nSPS) is 15.4. The molecule has 0 radical (unpaired) electrons. The highest BCUT2D eigenvalue weighted by molar-refractivity contribution is 7.89. The molecular formula is C26H28N2O5S2. The molecule has 0 unspecified atom stereocenters. The van der Waals surface area contributed by atoms with Crippen molar-refractivity contribution < 1.29 is 22.7 Å². The van der Waals surface area contributed by atoms with E-state index in [-0.39, 0.29) is 10.7 Å². The Morgan fingerprint density at radius 2 is 1.66 bits per heavy atom. The molecular weight excluding hydrogens is 484 g/mol. The summed E-state index contributed by atoms with van der Waals surface area (Å²) in [6, 6.07) is 13.8. The molecule has 184 valence electrons. The van der Waals surface area contributed by atoms with Crippen LogP contribution in [0.1, 0.15) is 15.9 Å². The average Bonchev–Trinajstić information content (AvgIpc) is 3.42. The molecule has 35 heavy (non-hydrogen) atoms. The van der Waals surface area contributed by atoms with Crippen LogP contribution in [0.3, 0.4) is 0 Å². The van der Waals surface area contributed by atoms with Crippen LogP contribution in [-0.2, 0) is 10.0 Å². The SMILES string of the molecule is COc1cc(OC)c(-c2cccs2)cc1/C=C/C(=O)c1ccc(S(=O)(=O)N2CCN(C)CC2)cc1. The number of ether oxygens (including phenoxy) is 2. The van der Waals surface area contributed by atoms with Crippen LogP contribution >= 0.6 is 11.3 Å². The van der Waals surface area contributed by atoms with E-state index in [1.54, 1.807) is 49.8 Å². The lowest BCUT2D eigenvalue weighted by molar-refractivity contribution is 0.104. The van der Waals surface area contributed by atoms with E-state index in [9.17, 15) is 13.2 Å². The number of ketones is 1. The summed E-state index contributed by atoms with van der Waals surface area (Å²) in [6.07, 6.45) is 3.17. The third kappa shape index (κ3) is 5.48. The Bertz CT molecular complexity index is 1310. The summed E-state index contributed by atoms with van der Waals surface area (Å²) in [4.78, 5) is 16.2. The fraction of sp³-hybridized carbons (Fsp3) is 0.269. The van der Waals surface area contributed by atoms with E-state index < -0.39 is 10.0 Å². The monoisotopic (exact) mass is 512 g/mol. The van der Waals surface area contributed by atoms with Crippen molar-refractivity contribution in [2.24, 2.45) is 0 Å². The molecule has 0 spiro atoms. The fourth-order valence-corrected chi connectivity index (χ4v) is 6.08. The smallest absolute Gasteiger partial charge is 0.243 e. The molecule has 4 rings (SSSR count). The van der Waals surface area contributed by atoms with E-state index in [4.69, 9.17) is 9.47 Å². The van der Waals surface area contributed by atoms with E-state index in [1.807, 2.05) is 30.6 Å². The van der Waals surface area contributed by atoms with Crippen molar-refractivity contribution in [2.45, 2.75) is 4.90 Å². The summed E-state index contributed by atoms with van der Waals surface area (Å²) in [5, 5.41) is 1.99. The highest BCUT2D eigenvalue weighted by Crippen LogP contribution is 2.38. The molecule has 1 aliphatic rings. The van der Waals surface area contributed by atoms with Crippen molar-refractivity contribution >= 4 is 33.2 Å². The maximum Gasteiger partial charge on any atom is 0.243 e. The van der Waals surface area contributed by atoms with Crippen LogP contribution in [0.5, 0.6) is 11.5 Å². The topological polar surface area (TPSA) is 76.1 Å². The second-order valence-electron chi connectivity index (χ2n) is 8.20. The van der Waals surface area contributed by atoms with Crippen molar-refractivity contribution in [1.82, 2.24) is 9.21 Å². The maximum absolute atomic E-state index is 12.9. The van der Waals surface area contributed by atoms with Gasteiger partial charge < -0.3 is 14.4 Å². The largest absolute Gasteiger partial charge is 0.496 e. The Labute approximate surface area is 210 Å². The van der Waals surface area contributed by atoms with Crippen LogP contribution < -0.4 is 9.47 Å². The number of rotatable bonds is 8. The summed E-state index contributed by atoms with van der Waals surface area (Å²) in [7, 11) is 1.58. The third-order valence-electron chi connectivity index (χ3n) is 5.99. The van der Waals surface area contributed by atoms with Gasteiger partial charge in [-0.1, -0.05) is 6.07 Å². The Morgan fingerprint density at radius 1 is 0.971 bits per heavy atom. The zero-order valence-corrected chi connectivity index (χ0v) is 21.6. The molecule has 0 bridgehead atoms. The third-order valence-corrected chi connectivity index (χ3v) is 8.81. The predicted octanol–water partition coefficient (Wildman–Crippen LogP) is 4.26. The Kier molecular flexibility index (Phi) is 7.71. The van der Waals surface area contributed by atoms with E-state index >= 15 is 0 Å². The second kappa shape index (κ2) is 10.7. The molecule has 2 aromatic carbocycles. The molecule has 0 amide bonds. The van der Waals surface area contributed by atoms with Gasteiger partial charge in [0.25, 0.3) is 0 Å². The van der Waals surface area contributed by atoms with Crippen molar-refractivity contribution in [2.75, 3.05) is 47.4 Å².